The van der Waals surface area contributed by atoms with Crippen LogP contribution < -0.4 is 5.32 Å². The van der Waals surface area contributed by atoms with Crippen LogP contribution in [0.1, 0.15) is 5.56 Å². The van der Waals surface area contributed by atoms with Gasteiger partial charge in [0.2, 0.25) is 5.82 Å². The number of nitrogens with zero attached hydrogens (tertiary/aromatic N) is 2. The number of rotatable bonds is 5. The van der Waals surface area contributed by atoms with Crippen molar-refractivity contribution in [1.82, 2.24) is 4.98 Å². The van der Waals surface area contributed by atoms with Gasteiger partial charge in [-0.2, -0.15) is 0 Å². The minimum Gasteiger partial charge on any atom is -0.364 e. The van der Waals surface area contributed by atoms with Gasteiger partial charge in [0, 0.05) is 18.8 Å². The van der Waals surface area contributed by atoms with E-state index < -0.39 is 4.92 Å². The standard InChI is InChI=1S/C13H12ClN3O2/c14-11-8-12(17(18)19)13(16-9-11)15-7-6-10-4-2-1-3-5-10/h1-5,8-9H,6-7H2,(H,15,16). The number of benzene rings is 1. The van der Waals surface area contributed by atoms with E-state index in [4.69, 9.17) is 11.6 Å². The first-order valence-corrected chi connectivity index (χ1v) is 6.12. The third-order valence-corrected chi connectivity index (χ3v) is 2.79. The molecule has 5 nitrogen and oxygen atoms in total. The molecule has 0 aliphatic heterocycles. The zero-order valence-electron chi connectivity index (χ0n) is 10.0. The molecule has 1 aromatic heterocycles. The first-order valence-electron chi connectivity index (χ1n) is 5.74. The van der Waals surface area contributed by atoms with Crippen molar-refractivity contribution in [3.05, 3.63) is 63.3 Å². The number of pyridine rings is 1. The van der Waals surface area contributed by atoms with Crippen LogP contribution in [-0.2, 0) is 6.42 Å². The lowest BCUT2D eigenvalue weighted by molar-refractivity contribution is -0.384. The molecular formula is C13H12ClN3O2. The Bertz CT molecular complexity index is 575. The molecule has 0 atom stereocenters. The van der Waals surface area contributed by atoms with Crippen LogP contribution in [0, 0.1) is 10.1 Å². The van der Waals surface area contributed by atoms with Crippen molar-refractivity contribution >= 4 is 23.1 Å². The van der Waals surface area contributed by atoms with Crippen molar-refractivity contribution < 1.29 is 4.92 Å². The van der Waals surface area contributed by atoms with Crippen LogP contribution in [0.2, 0.25) is 5.02 Å². The van der Waals surface area contributed by atoms with E-state index in [9.17, 15) is 10.1 Å². The first kappa shape index (κ1) is 13.3. The summed E-state index contributed by atoms with van der Waals surface area (Å²) < 4.78 is 0. The molecule has 1 N–H and O–H groups in total. The second-order valence-electron chi connectivity index (χ2n) is 3.94. The van der Waals surface area contributed by atoms with Crippen LogP contribution in [-0.4, -0.2) is 16.5 Å². The summed E-state index contributed by atoms with van der Waals surface area (Å²) in [6.45, 7) is 0.569. The molecule has 98 valence electrons. The van der Waals surface area contributed by atoms with Crippen molar-refractivity contribution in [2.75, 3.05) is 11.9 Å². The van der Waals surface area contributed by atoms with E-state index in [0.717, 1.165) is 12.0 Å². The normalized spacial score (nSPS) is 10.2. The van der Waals surface area contributed by atoms with Crippen molar-refractivity contribution in [2.24, 2.45) is 0 Å². The minimum atomic E-state index is -0.496. The Balaban J connectivity index is 2.02. The minimum absolute atomic E-state index is 0.111. The van der Waals surface area contributed by atoms with Gasteiger partial charge in [-0.25, -0.2) is 4.98 Å². The average Bonchev–Trinajstić information content (AvgIpc) is 2.41. The Hall–Kier alpha value is -2.14. The molecule has 2 rings (SSSR count). The fourth-order valence-electron chi connectivity index (χ4n) is 1.67. The molecule has 19 heavy (non-hydrogen) atoms. The topological polar surface area (TPSA) is 68.1 Å². The average molecular weight is 278 g/mol. The zero-order chi connectivity index (χ0) is 13.7. The van der Waals surface area contributed by atoms with E-state index in [1.165, 1.54) is 12.3 Å². The molecular weight excluding hydrogens is 266 g/mol. The van der Waals surface area contributed by atoms with Gasteiger partial charge >= 0.3 is 5.69 Å². The lowest BCUT2D eigenvalue weighted by Gasteiger charge is -2.06. The maximum absolute atomic E-state index is 10.9. The first-order chi connectivity index (χ1) is 9.16. The van der Waals surface area contributed by atoms with Crippen LogP contribution in [0.3, 0.4) is 0 Å². The van der Waals surface area contributed by atoms with Gasteiger partial charge in [0.05, 0.1) is 9.95 Å². The molecule has 0 saturated carbocycles. The molecule has 0 amide bonds. The predicted molar refractivity (Wildman–Crippen MR) is 74.5 cm³/mol. The predicted octanol–water partition coefficient (Wildman–Crippen LogP) is 3.30. The Kier molecular flexibility index (Phi) is 4.30. The maximum atomic E-state index is 10.9. The van der Waals surface area contributed by atoms with Gasteiger partial charge in [-0.3, -0.25) is 10.1 Å². The quantitative estimate of drug-likeness (QED) is 0.672. The fourth-order valence-corrected chi connectivity index (χ4v) is 1.83. The molecule has 2 aromatic rings. The van der Waals surface area contributed by atoms with Crippen LogP contribution in [0.4, 0.5) is 11.5 Å². The van der Waals surface area contributed by atoms with E-state index >= 15 is 0 Å². The zero-order valence-corrected chi connectivity index (χ0v) is 10.8. The molecule has 0 radical (unpaired) electrons. The van der Waals surface area contributed by atoms with E-state index in [-0.39, 0.29) is 16.5 Å². The molecule has 1 heterocycles. The van der Waals surface area contributed by atoms with Crippen LogP contribution in [0.5, 0.6) is 0 Å². The van der Waals surface area contributed by atoms with Crippen LogP contribution in [0.15, 0.2) is 42.6 Å². The number of aromatic nitrogens is 1. The van der Waals surface area contributed by atoms with E-state index in [0.29, 0.717) is 6.54 Å². The monoisotopic (exact) mass is 277 g/mol. The number of nitro groups is 1. The van der Waals surface area contributed by atoms with Gasteiger partial charge in [-0.1, -0.05) is 41.9 Å². The smallest absolute Gasteiger partial charge is 0.312 e. The Morgan fingerprint density at radius 3 is 2.74 bits per heavy atom. The van der Waals surface area contributed by atoms with E-state index in [2.05, 4.69) is 10.3 Å². The fraction of sp³-hybridized carbons (Fsp3) is 0.154. The summed E-state index contributed by atoms with van der Waals surface area (Å²) in [6.07, 6.45) is 2.15. The van der Waals surface area contributed by atoms with Crippen molar-refractivity contribution in [2.45, 2.75) is 6.42 Å². The summed E-state index contributed by atoms with van der Waals surface area (Å²) in [5.74, 6) is 0.241. The van der Waals surface area contributed by atoms with Crippen molar-refractivity contribution in [1.29, 1.82) is 0 Å². The summed E-state index contributed by atoms with van der Waals surface area (Å²) in [4.78, 5) is 14.3. The maximum Gasteiger partial charge on any atom is 0.312 e. The summed E-state index contributed by atoms with van der Waals surface area (Å²) >= 11 is 5.70. The molecule has 0 saturated heterocycles. The highest BCUT2D eigenvalue weighted by Gasteiger charge is 2.15. The lowest BCUT2D eigenvalue weighted by Crippen LogP contribution is -2.08. The largest absolute Gasteiger partial charge is 0.364 e. The number of hydrogen-bond donors (Lipinski definition) is 1. The highest BCUT2D eigenvalue weighted by Crippen LogP contribution is 2.24. The number of hydrogen-bond acceptors (Lipinski definition) is 4. The second kappa shape index (κ2) is 6.15. The van der Waals surface area contributed by atoms with E-state index in [1.54, 1.807) is 0 Å². The van der Waals surface area contributed by atoms with Crippen LogP contribution >= 0.6 is 11.6 Å². The highest BCUT2D eigenvalue weighted by molar-refractivity contribution is 6.30. The lowest BCUT2D eigenvalue weighted by atomic mass is 10.1. The number of nitrogens with one attached hydrogen (secondary N) is 1. The molecule has 0 bridgehead atoms. The SMILES string of the molecule is O=[N+]([O-])c1cc(Cl)cnc1NCCc1ccccc1. The summed E-state index contributed by atoms with van der Waals surface area (Å²) in [5.41, 5.74) is 1.05. The number of anilines is 1. The van der Waals surface area contributed by atoms with Gasteiger partial charge in [-0.05, 0) is 12.0 Å². The summed E-state index contributed by atoms with van der Waals surface area (Å²) in [5, 5.41) is 14.1. The van der Waals surface area contributed by atoms with Gasteiger partial charge < -0.3 is 5.32 Å². The van der Waals surface area contributed by atoms with E-state index in [1.807, 2.05) is 30.3 Å². The second-order valence-corrected chi connectivity index (χ2v) is 4.38. The molecule has 0 spiro atoms. The summed E-state index contributed by atoms with van der Waals surface area (Å²) in [7, 11) is 0. The van der Waals surface area contributed by atoms with Gasteiger partial charge in [-0.15, -0.1) is 0 Å². The molecule has 0 aliphatic carbocycles. The Morgan fingerprint density at radius 1 is 1.32 bits per heavy atom. The Morgan fingerprint density at radius 2 is 2.05 bits per heavy atom. The van der Waals surface area contributed by atoms with Gasteiger partial charge in [0.25, 0.3) is 0 Å². The summed E-state index contributed by atoms with van der Waals surface area (Å²) in [6, 6.07) is 11.2. The molecule has 0 unspecified atom stereocenters. The molecule has 0 aliphatic rings. The van der Waals surface area contributed by atoms with Gasteiger partial charge in [0.1, 0.15) is 0 Å². The van der Waals surface area contributed by atoms with Crippen molar-refractivity contribution in [3.63, 3.8) is 0 Å². The van der Waals surface area contributed by atoms with Crippen molar-refractivity contribution in [3.8, 4) is 0 Å². The third-order valence-electron chi connectivity index (χ3n) is 2.58. The highest BCUT2D eigenvalue weighted by atomic mass is 35.5. The molecule has 1 aromatic carbocycles. The molecule has 6 heteroatoms. The van der Waals surface area contributed by atoms with Crippen LogP contribution in [0.25, 0.3) is 0 Å². The number of halogens is 1. The molecule has 0 fully saturated rings. The third kappa shape index (κ3) is 3.66. The van der Waals surface area contributed by atoms with Gasteiger partial charge in [0.15, 0.2) is 0 Å². The Labute approximate surface area is 115 Å².